The molecule has 128 valence electrons. The highest BCUT2D eigenvalue weighted by molar-refractivity contribution is 5.77. The molecule has 0 saturated carbocycles. The number of benzene rings is 1. The van der Waals surface area contributed by atoms with E-state index in [0.717, 1.165) is 41.1 Å². The molecule has 5 nitrogen and oxygen atoms in total. The third-order valence-electron chi connectivity index (χ3n) is 4.82. The number of carbonyl (C=O) groups is 1. The first kappa shape index (κ1) is 16.6. The van der Waals surface area contributed by atoms with Gasteiger partial charge in [-0.25, -0.2) is 0 Å². The fourth-order valence-electron chi connectivity index (χ4n) is 3.53. The molecular formula is C19H25N3O2. The number of aryl methyl sites for hydroxylation is 2. The topological polar surface area (TPSA) is 56.2 Å². The van der Waals surface area contributed by atoms with Gasteiger partial charge in [-0.3, -0.25) is 9.48 Å². The van der Waals surface area contributed by atoms with Crippen LogP contribution in [0.2, 0.25) is 0 Å². The van der Waals surface area contributed by atoms with E-state index in [9.17, 15) is 4.79 Å². The summed E-state index contributed by atoms with van der Waals surface area (Å²) in [7, 11) is 1.69. The Morgan fingerprint density at radius 1 is 1.33 bits per heavy atom. The Hall–Kier alpha value is -2.30. The van der Waals surface area contributed by atoms with Crippen molar-refractivity contribution in [2.24, 2.45) is 0 Å². The number of carbonyl (C=O) groups excluding carboxylic acids is 1. The van der Waals surface area contributed by atoms with Gasteiger partial charge in [0.15, 0.2) is 0 Å². The van der Waals surface area contributed by atoms with E-state index in [4.69, 9.17) is 9.84 Å². The molecule has 0 bridgehead atoms. The monoisotopic (exact) mass is 327 g/mol. The number of nitrogens with zero attached hydrogens (tertiary/aromatic N) is 2. The summed E-state index contributed by atoms with van der Waals surface area (Å²) in [4.78, 5) is 11.7. The van der Waals surface area contributed by atoms with Crippen molar-refractivity contribution in [2.75, 3.05) is 7.11 Å². The molecule has 0 aliphatic carbocycles. The van der Waals surface area contributed by atoms with Crippen LogP contribution in [0.5, 0.6) is 5.75 Å². The number of piperidine rings is 1. The van der Waals surface area contributed by atoms with Crippen LogP contribution in [0.4, 0.5) is 0 Å². The molecule has 1 aliphatic rings. The number of ether oxygens (including phenoxy) is 1. The maximum Gasteiger partial charge on any atom is 0.220 e. The predicted octanol–water partition coefficient (Wildman–Crippen LogP) is 3.21. The highest BCUT2D eigenvalue weighted by atomic mass is 16.5. The summed E-state index contributed by atoms with van der Waals surface area (Å²) < 4.78 is 7.44. The molecule has 1 saturated heterocycles. The van der Waals surface area contributed by atoms with Gasteiger partial charge in [-0.05, 0) is 50.8 Å². The second-order valence-corrected chi connectivity index (χ2v) is 6.56. The van der Waals surface area contributed by atoms with Gasteiger partial charge in [-0.1, -0.05) is 12.1 Å². The molecule has 1 aromatic heterocycles. The molecule has 1 amide bonds. The highest BCUT2D eigenvalue weighted by Gasteiger charge is 2.25. The molecule has 1 aromatic carbocycles. The van der Waals surface area contributed by atoms with E-state index < -0.39 is 0 Å². The van der Waals surface area contributed by atoms with Crippen molar-refractivity contribution in [2.45, 2.75) is 52.6 Å². The van der Waals surface area contributed by atoms with Crippen molar-refractivity contribution in [3.05, 3.63) is 46.3 Å². The summed E-state index contributed by atoms with van der Waals surface area (Å²) in [6.07, 6.45) is 2.55. The van der Waals surface area contributed by atoms with Crippen LogP contribution in [-0.2, 0) is 11.3 Å². The van der Waals surface area contributed by atoms with Crippen molar-refractivity contribution < 1.29 is 9.53 Å². The van der Waals surface area contributed by atoms with Crippen LogP contribution in [-0.4, -0.2) is 22.8 Å². The zero-order chi connectivity index (χ0) is 17.3. The van der Waals surface area contributed by atoms with E-state index >= 15 is 0 Å². The lowest BCUT2D eigenvalue weighted by atomic mass is 9.96. The summed E-state index contributed by atoms with van der Waals surface area (Å²) in [5.41, 5.74) is 5.57. The SMILES string of the molecule is COc1cc(Cn2nc(C)c(C3CCCC(=O)N3)c2C)ccc1C. The third kappa shape index (κ3) is 3.16. The van der Waals surface area contributed by atoms with Crippen molar-refractivity contribution >= 4 is 5.91 Å². The fraction of sp³-hybridized carbons (Fsp3) is 0.474. The predicted molar refractivity (Wildman–Crippen MR) is 93.3 cm³/mol. The minimum Gasteiger partial charge on any atom is -0.496 e. The molecule has 0 radical (unpaired) electrons. The van der Waals surface area contributed by atoms with Crippen molar-refractivity contribution in [1.29, 1.82) is 0 Å². The molecule has 1 unspecified atom stereocenters. The molecule has 1 aliphatic heterocycles. The first-order valence-corrected chi connectivity index (χ1v) is 8.46. The second-order valence-electron chi connectivity index (χ2n) is 6.56. The smallest absolute Gasteiger partial charge is 0.220 e. The first-order valence-electron chi connectivity index (χ1n) is 8.46. The van der Waals surface area contributed by atoms with Crippen LogP contribution < -0.4 is 10.1 Å². The normalized spacial score (nSPS) is 17.7. The van der Waals surface area contributed by atoms with Crippen LogP contribution in [0.3, 0.4) is 0 Å². The molecule has 2 heterocycles. The van der Waals surface area contributed by atoms with Crippen molar-refractivity contribution in [1.82, 2.24) is 15.1 Å². The van der Waals surface area contributed by atoms with Gasteiger partial charge in [0.05, 0.1) is 25.4 Å². The molecule has 24 heavy (non-hydrogen) atoms. The molecule has 5 heteroatoms. The summed E-state index contributed by atoms with van der Waals surface area (Å²) in [6.45, 7) is 6.84. The molecule has 1 atom stereocenters. The highest BCUT2D eigenvalue weighted by Crippen LogP contribution is 2.29. The molecule has 1 fully saturated rings. The number of rotatable bonds is 4. The molecule has 3 rings (SSSR count). The number of nitrogens with one attached hydrogen (secondary N) is 1. The van der Waals surface area contributed by atoms with E-state index in [1.807, 2.05) is 18.5 Å². The Labute approximate surface area is 143 Å². The Balaban J connectivity index is 1.87. The van der Waals surface area contributed by atoms with Gasteiger partial charge < -0.3 is 10.1 Å². The fourth-order valence-corrected chi connectivity index (χ4v) is 3.53. The Morgan fingerprint density at radius 3 is 2.83 bits per heavy atom. The van der Waals surface area contributed by atoms with Gasteiger partial charge in [0.1, 0.15) is 5.75 Å². The average molecular weight is 327 g/mol. The van der Waals surface area contributed by atoms with Gasteiger partial charge in [0, 0.05) is 17.7 Å². The van der Waals surface area contributed by atoms with Crippen LogP contribution in [0.1, 0.15) is 53.4 Å². The van der Waals surface area contributed by atoms with Crippen molar-refractivity contribution in [3.63, 3.8) is 0 Å². The van der Waals surface area contributed by atoms with E-state index in [-0.39, 0.29) is 11.9 Å². The number of amides is 1. The number of aromatic nitrogens is 2. The summed E-state index contributed by atoms with van der Waals surface area (Å²) in [6, 6.07) is 6.33. The lowest BCUT2D eigenvalue weighted by Gasteiger charge is -2.23. The number of hydrogen-bond donors (Lipinski definition) is 1. The van der Waals surface area contributed by atoms with Gasteiger partial charge in [0.25, 0.3) is 0 Å². The minimum atomic E-state index is 0.0903. The zero-order valence-electron chi connectivity index (χ0n) is 14.8. The Bertz CT molecular complexity index is 764. The van der Waals surface area contributed by atoms with Gasteiger partial charge in [-0.2, -0.15) is 5.10 Å². The number of hydrogen-bond acceptors (Lipinski definition) is 3. The van der Waals surface area contributed by atoms with Crippen LogP contribution in [0.15, 0.2) is 18.2 Å². The third-order valence-corrected chi connectivity index (χ3v) is 4.82. The summed E-state index contributed by atoms with van der Waals surface area (Å²) in [5, 5.41) is 7.81. The van der Waals surface area contributed by atoms with E-state index in [1.54, 1.807) is 7.11 Å². The van der Waals surface area contributed by atoms with Crippen LogP contribution >= 0.6 is 0 Å². The van der Waals surface area contributed by atoms with E-state index in [0.29, 0.717) is 13.0 Å². The average Bonchev–Trinajstić information content (AvgIpc) is 2.83. The van der Waals surface area contributed by atoms with Crippen molar-refractivity contribution in [3.8, 4) is 5.75 Å². The summed E-state index contributed by atoms with van der Waals surface area (Å²) >= 11 is 0. The maximum absolute atomic E-state index is 11.7. The van der Waals surface area contributed by atoms with E-state index in [2.05, 4.69) is 30.4 Å². The minimum absolute atomic E-state index is 0.0903. The Morgan fingerprint density at radius 2 is 2.12 bits per heavy atom. The number of methoxy groups -OCH3 is 1. The lowest BCUT2D eigenvalue weighted by Crippen LogP contribution is -2.33. The quantitative estimate of drug-likeness (QED) is 0.938. The standard InChI is InChI=1S/C19H25N3O2/c1-12-8-9-15(10-17(12)24-4)11-22-14(3)19(13(2)21-22)16-6-5-7-18(23)20-16/h8-10,16H,5-7,11H2,1-4H3,(H,20,23). The molecule has 2 aromatic rings. The van der Waals surface area contributed by atoms with Crippen LogP contribution in [0.25, 0.3) is 0 Å². The van der Waals surface area contributed by atoms with Gasteiger partial charge >= 0.3 is 0 Å². The Kier molecular flexibility index (Phi) is 4.60. The second kappa shape index (κ2) is 6.67. The molecule has 0 spiro atoms. The summed E-state index contributed by atoms with van der Waals surface area (Å²) in [5.74, 6) is 1.04. The van der Waals surface area contributed by atoms with E-state index in [1.165, 1.54) is 5.56 Å². The lowest BCUT2D eigenvalue weighted by molar-refractivity contribution is -0.123. The maximum atomic E-state index is 11.7. The largest absolute Gasteiger partial charge is 0.496 e. The van der Waals surface area contributed by atoms with Gasteiger partial charge in [0.2, 0.25) is 5.91 Å². The van der Waals surface area contributed by atoms with Gasteiger partial charge in [-0.15, -0.1) is 0 Å². The molecule has 1 N–H and O–H groups in total. The zero-order valence-corrected chi connectivity index (χ0v) is 14.8. The first-order chi connectivity index (χ1) is 11.5. The van der Waals surface area contributed by atoms with Crippen LogP contribution in [0, 0.1) is 20.8 Å². The molecular weight excluding hydrogens is 302 g/mol.